The first-order valence-corrected chi connectivity index (χ1v) is 6.82. The Morgan fingerprint density at radius 1 is 1.20 bits per heavy atom. The van der Waals surface area contributed by atoms with E-state index < -0.39 is 0 Å². The zero-order valence-corrected chi connectivity index (χ0v) is 12.7. The molecule has 0 saturated heterocycles. The lowest BCUT2D eigenvalue weighted by Gasteiger charge is -2.11. The first kappa shape index (κ1) is 14.5. The van der Waals surface area contributed by atoms with E-state index in [0.29, 0.717) is 0 Å². The third-order valence-corrected chi connectivity index (χ3v) is 3.55. The van der Waals surface area contributed by atoms with Gasteiger partial charge in [0.15, 0.2) is 0 Å². The van der Waals surface area contributed by atoms with Crippen LogP contribution in [0.4, 0.5) is 15.8 Å². The van der Waals surface area contributed by atoms with E-state index in [0.717, 1.165) is 27.1 Å². The number of benzene rings is 2. The standard InChI is InChI=1S/C16H15BrFN2/c1-11(19-13-6-4-12(18)5-7-13)15-10-14(20(2)3)8-9-16(15)17/h4-10,19H,1-2H2,3H3/q+1. The first-order chi connectivity index (χ1) is 9.47. The number of nitrogens with one attached hydrogen (secondary N) is 1. The van der Waals surface area contributed by atoms with Crippen LogP contribution in [-0.4, -0.2) is 18.3 Å². The average Bonchev–Trinajstić information content (AvgIpc) is 2.41. The van der Waals surface area contributed by atoms with Crippen LogP contribution in [0.25, 0.3) is 5.70 Å². The van der Waals surface area contributed by atoms with Crippen LogP contribution in [0.2, 0.25) is 0 Å². The summed E-state index contributed by atoms with van der Waals surface area (Å²) in [7, 11) is 1.88. The summed E-state index contributed by atoms with van der Waals surface area (Å²) in [5, 5.41) is 3.16. The Bertz CT molecular complexity index is 663. The van der Waals surface area contributed by atoms with Gasteiger partial charge >= 0.3 is 0 Å². The van der Waals surface area contributed by atoms with E-state index in [1.165, 1.54) is 12.1 Å². The minimum atomic E-state index is -0.261. The molecule has 1 N–H and O–H groups in total. The van der Waals surface area contributed by atoms with E-state index in [4.69, 9.17) is 0 Å². The molecule has 0 aromatic heterocycles. The van der Waals surface area contributed by atoms with Crippen molar-refractivity contribution in [3.63, 3.8) is 0 Å². The lowest BCUT2D eigenvalue weighted by Crippen LogP contribution is -2.00. The summed E-state index contributed by atoms with van der Waals surface area (Å²) in [6.45, 7) is 7.89. The second kappa shape index (κ2) is 6.01. The maximum Gasteiger partial charge on any atom is 0.205 e. The van der Waals surface area contributed by atoms with Crippen molar-refractivity contribution in [3.8, 4) is 0 Å². The molecule has 0 bridgehead atoms. The Hall–Kier alpha value is -1.94. The fourth-order valence-electron chi connectivity index (χ4n) is 1.76. The Morgan fingerprint density at radius 2 is 1.85 bits per heavy atom. The van der Waals surface area contributed by atoms with E-state index in [2.05, 4.69) is 34.5 Å². The van der Waals surface area contributed by atoms with E-state index >= 15 is 0 Å². The second-order valence-corrected chi connectivity index (χ2v) is 5.33. The van der Waals surface area contributed by atoms with Crippen LogP contribution in [0.3, 0.4) is 0 Å². The third kappa shape index (κ3) is 3.33. The van der Waals surface area contributed by atoms with Crippen molar-refractivity contribution in [2.75, 3.05) is 12.4 Å². The average molecular weight is 334 g/mol. The van der Waals surface area contributed by atoms with Crippen LogP contribution < -0.4 is 5.32 Å². The molecule has 4 heteroatoms. The third-order valence-electron chi connectivity index (χ3n) is 2.86. The maximum atomic E-state index is 12.9. The normalized spacial score (nSPS) is 10.2. The van der Waals surface area contributed by atoms with E-state index in [1.807, 2.05) is 25.2 Å². The van der Waals surface area contributed by atoms with Gasteiger partial charge in [0.1, 0.15) is 19.6 Å². The van der Waals surface area contributed by atoms with E-state index in [9.17, 15) is 4.39 Å². The fraction of sp³-hybridized carbons (Fsp3) is 0.0625. The van der Waals surface area contributed by atoms with Gasteiger partial charge in [0.05, 0.1) is 0 Å². The minimum Gasteiger partial charge on any atom is -0.355 e. The molecule has 0 aliphatic heterocycles. The van der Waals surface area contributed by atoms with Crippen molar-refractivity contribution in [2.24, 2.45) is 0 Å². The molecule has 0 aliphatic rings. The molecule has 0 amide bonds. The molecule has 0 aliphatic carbocycles. The molecule has 0 fully saturated rings. The van der Waals surface area contributed by atoms with Crippen molar-refractivity contribution in [1.29, 1.82) is 0 Å². The quantitative estimate of drug-likeness (QED) is 0.636. The fourth-order valence-corrected chi connectivity index (χ4v) is 2.24. The van der Waals surface area contributed by atoms with Crippen molar-refractivity contribution >= 4 is 39.7 Å². The van der Waals surface area contributed by atoms with Gasteiger partial charge in [-0.05, 0) is 30.3 Å². The van der Waals surface area contributed by atoms with Crippen molar-refractivity contribution < 1.29 is 8.97 Å². The van der Waals surface area contributed by atoms with Gasteiger partial charge in [-0.25, -0.2) is 8.97 Å². The lowest BCUT2D eigenvalue weighted by atomic mass is 10.1. The monoisotopic (exact) mass is 333 g/mol. The van der Waals surface area contributed by atoms with E-state index in [1.54, 1.807) is 16.7 Å². The summed E-state index contributed by atoms with van der Waals surface area (Å²) >= 11 is 3.51. The highest BCUT2D eigenvalue weighted by molar-refractivity contribution is 9.10. The zero-order chi connectivity index (χ0) is 14.7. The van der Waals surface area contributed by atoms with Gasteiger partial charge in [0.2, 0.25) is 5.69 Å². The molecule has 0 radical (unpaired) electrons. The largest absolute Gasteiger partial charge is 0.355 e. The topological polar surface area (TPSA) is 15.0 Å². The number of hydrogen-bond acceptors (Lipinski definition) is 1. The van der Waals surface area contributed by atoms with Crippen LogP contribution in [0.5, 0.6) is 0 Å². The molecule has 0 atom stereocenters. The molecule has 0 unspecified atom stereocenters. The molecule has 2 aromatic carbocycles. The van der Waals surface area contributed by atoms with Gasteiger partial charge in [0.25, 0.3) is 0 Å². The SMILES string of the molecule is C=C(Nc1ccc(F)cc1)c1cc([N+](=C)C)ccc1Br. The van der Waals surface area contributed by atoms with Crippen molar-refractivity contribution in [3.05, 3.63) is 64.9 Å². The van der Waals surface area contributed by atoms with Gasteiger partial charge in [-0.15, -0.1) is 0 Å². The van der Waals surface area contributed by atoms with Crippen LogP contribution in [0.1, 0.15) is 5.56 Å². The van der Waals surface area contributed by atoms with Gasteiger partial charge in [0, 0.05) is 33.6 Å². The van der Waals surface area contributed by atoms with E-state index in [-0.39, 0.29) is 5.82 Å². The smallest absolute Gasteiger partial charge is 0.205 e. The van der Waals surface area contributed by atoms with Crippen LogP contribution in [-0.2, 0) is 0 Å². The second-order valence-electron chi connectivity index (χ2n) is 4.47. The number of halogens is 2. The summed E-state index contributed by atoms with van der Waals surface area (Å²) in [6.07, 6.45) is 0. The lowest BCUT2D eigenvalue weighted by molar-refractivity contribution is -0.394. The van der Waals surface area contributed by atoms with Gasteiger partial charge < -0.3 is 5.32 Å². The molecule has 0 heterocycles. The number of hydrogen-bond donors (Lipinski definition) is 1. The highest BCUT2D eigenvalue weighted by atomic mass is 79.9. The molecule has 0 saturated carbocycles. The van der Waals surface area contributed by atoms with Crippen LogP contribution in [0, 0.1) is 5.82 Å². The molecule has 0 spiro atoms. The molecular weight excluding hydrogens is 319 g/mol. The summed E-state index contributed by atoms with van der Waals surface area (Å²) in [6, 6.07) is 12.1. The van der Waals surface area contributed by atoms with Gasteiger partial charge in [-0.3, -0.25) is 0 Å². The highest BCUT2D eigenvalue weighted by Crippen LogP contribution is 2.28. The van der Waals surface area contributed by atoms with Gasteiger partial charge in [-0.2, -0.15) is 0 Å². The Kier molecular flexibility index (Phi) is 4.35. The minimum absolute atomic E-state index is 0.261. The predicted molar refractivity (Wildman–Crippen MR) is 86.2 cm³/mol. The van der Waals surface area contributed by atoms with Crippen molar-refractivity contribution in [1.82, 2.24) is 0 Å². The number of anilines is 1. The van der Waals surface area contributed by atoms with Gasteiger partial charge in [-0.1, -0.05) is 22.5 Å². The summed E-state index contributed by atoms with van der Waals surface area (Å²) < 4.78 is 15.6. The number of nitrogens with zero attached hydrogens (tertiary/aromatic N) is 1. The Morgan fingerprint density at radius 3 is 2.45 bits per heavy atom. The van der Waals surface area contributed by atoms with Crippen LogP contribution in [0.15, 0.2) is 53.5 Å². The summed E-state index contributed by atoms with van der Waals surface area (Å²) in [5.74, 6) is -0.261. The highest BCUT2D eigenvalue weighted by Gasteiger charge is 2.09. The zero-order valence-electron chi connectivity index (χ0n) is 11.2. The molecule has 2 nitrogen and oxygen atoms in total. The number of rotatable bonds is 4. The first-order valence-electron chi connectivity index (χ1n) is 6.03. The molecule has 20 heavy (non-hydrogen) atoms. The Balaban J connectivity index is 2.26. The molecule has 2 aromatic rings. The molecule has 102 valence electrons. The molecular formula is C16H15BrFN2+. The van der Waals surface area contributed by atoms with Crippen molar-refractivity contribution in [2.45, 2.75) is 0 Å². The van der Waals surface area contributed by atoms with Crippen LogP contribution >= 0.6 is 15.9 Å². The summed E-state index contributed by atoms with van der Waals surface area (Å²) in [4.78, 5) is 0. The summed E-state index contributed by atoms with van der Waals surface area (Å²) in [5.41, 5.74) is 3.43. The maximum absolute atomic E-state index is 12.9. The molecule has 2 rings (SSSR count). The Labute approximate surface area is 126 Å². The predicted octanol–water partition coefficient (Wildman–Crippen LogP) is 4.65.